The fraction of sp³-hybridized carbons (Fsp3) is 0.625. The molecule has 8 N–H and O–H groups in total. The summed E-state index contributed by atoms with van der Waals surface area (Å²) < 4.78 is 12.5. The highest BCUT2D eigenvalue weighted by atomic mass is 35.5. The van der Waals surface area contributed by atoms with Crippen molar-refractivity contribution in [3.05, 3.63) is 107 Å². The molecule has 6 fully saturated rings. The minimum absolute atomic E-state index is 0.0336. The van der Waals surface area contributed by atoms with Crippen LogP contribution in [0.2, 0.25) is 10.0 Å². The topological polar surface area (TPSA) is 360 Å². The molecule has 0 bridgehead atoms. The number of nitrogens with zero attached hydrogens (tertiary/aromatic N) is 6. The number of aliphatic hydroxyl groups excluding tert-OH is 2. The Morgan fingerprint density at radius 2 is 0.843 bits per heavy atom. The van der Waals surface area contributed by atoms with Crippen LogP contribution in [0.25, 0.3) is 0 Å². The number of nitrogens with one attached hydrogen (secondary N) is 6. The maximum Gasteiger partial charge on any atom is 0.251 e. The van der Waals surface area contributed by atoms with E-state index in [9.17, 15) is 58.2 Å². The summed E-state index contributed by atoms with van der Waals surface area (Å²) in [5.41, 5.74) is -1.22. The molecule has 4 saturated carbocycles. The molecule has 4 aromatic rings. The summed E-state index contributed by atoms with van der Waals surface area (Å²) in [6.45, 7) is 14.9. The van der Waals surface area contributed by atoms with E-state index in [1.165, 1.54) is 47.0 Å². The van der Waals surface area contributed by atoms with Gasteiger partial charge in [-0.3, -0.25) is 57.9 Å². The molecular formula is C80H110Cl2N12O14. The van der Waals surface area contributed by atoms with Crippen LogP contribution in [0.1, 0.15) is 218 Å². The number of carbonyl (C=O) groups is 10. The first-order chi connectivity index (χ1) is 51.5. The number of Topliss-reactive ketones (excluding diaryl/α,β-unsaturated/α-hetero) is 2. The quantitative estimate of drug-likeness (QED) is 0.0212. The van der Waals surface area contributed by atoms with Crippen molar-refractivity contribution in [2.24, 2.45) is 34.5 Å². The van der Waals surface area contributed by atoms with E-state index in [0.717, 1.165) is 89.9 Å². The van der Waals surface area contributed by atoms with Crippen molar-refractivity contribution in [2.75, 3.05) is 13.1 Å². The summed E-state index contributed by atoms with van der Waals surface area (Å²) in [6.07, 6.45) is 19.0. The van der Waals surface area contributed by atoms with E-state index in [0.29, 0.717) is 47.2 Å². The molecule has 10 rings (SSSR count). The zero-order chi connectivity index (χ0) is 78.0. The van der Waals surface area contributed by atoms with Crippen LogP contribution >= 0.6 is 23.2 Å². The van der Waals surface area contributed by atoms with E-state index in [-0.39, 0.29) is 85.6 Å². The average Bonchev–Trinajstić information content (AvgIpc) is 1.59. The second-order valence-corrected chi connectivity index (χ2v) is 33.1. The first-order valence-corrected chi connectivity index (χ1v) is 39.5. The van der Waals surface area contributed by atoms with E-state index in [1.807, 2.05) is 55.4 Å². The number of hydrogen-bond donors (Lipinski definition) is 8. The van der Waals surface area contributed by atoms with Gasteiger partial charge < -0.3 is 61.4 Å². The Labute approximate surface area is 643 Å². The molecule has 6 aliphatic rings. The van der Waals surface area contributed by atoms with Crippen LogP contribution in [0, 0.1) is 34.5 Å². The van der Waals surface area contributed by atoms with Gasteiger partial charge in [0.05, 0.1) is 37.6 Å². The molecule has 2 unspecified atom stereocenters. The molecule has 2 aliphatic heterocycles. The lowest BCUT2D eigenvalue weighted by molar-refractivity contribution is -0.145. The summed E-state index contributed by atoms with van der Waals surface area (Å²) in [6, 6.07) is 7.71. The van der Waals surface area contributed by atoms with E-state index >= 15 is 0 Å². The lowest BCUT2D eigenvalue weighted by Gasteiger charge is -2.37. The summed E-state index contributed by atoms with van der Waals surface area (Å²) >= 11 is 12.2. The van der Waals surface area contributed by atoms with Crippen LogP contribution in [0.4, 0.5) is 0 Å². The Morgan fingerprint density at radius 3 is 1.15 bits per heavy atom. The monoisotopic (exact) mass is 1530 g/mol. The third kappa shape index (κ3) is 23.9. The number of ketones is 2. The fourth-order valence-electron chi connectivity index (χ4n) is 15.0. The van der Waals surface area contributed by atoms with Crippen molar-refractivity contribution in [1.82, 2.24) is 61.6 Å². The summed E-state index contributed by atoms with van der Waals surface area (Å²) in [5.74, 6) is -4.90. The fourth-order valence-corrected chi connectivity index (χ4v) is 15.2. The van der Waals surface area contributed by atoms with E-state index in [2.05, 4.69) is 51.8 Å². The predicted molar refractivity (Wildman–Crippen MR) is 405 cm³/mol. The molecule has 108 heavy (non-hydrogen) atoms. The average molecular weight is 1530 g/mol. The molecule has 0 radical (unpaired) electrons. The molecule has 12 atom stereocenters. The van der Waals surface area contributed by atoms with Gasteiger partial charge in [0.2, 0.25) is 35.4 Å². The molecule has 4 aliphatic carbocycles. The summed E-state index contributed by atoms with van der Waals surface area (Å²) in [7, 11) is 0. The van der Waals surface area contributed by atoms with Crippen molar-refractivity contribution in [1.29, 1.82) is 0 Å². The Hall–Kier alpha value is -8.20. The normalized spacial score (nSPS) is 21.3. The smallest absolute Gasteiger partial charge is 0.251 e. The van der Waals surface area contributed by atoms with Crippen LogP contribution in [0.3, 0.4) is 0 Å². The lowest BCUT2D eigenvalue weighted by Crippen LogP contribution is -2.60. The van der Waals surface area contributed by atoms with E-state index in [4.69, 9.17) is 32.7 Å². The van der Waals surface area contributed by atoms with Gasteiger partial charge in [0.25, 0.3) is 11.8 Å². The van der Waals surface area contributed by atoms with Crippen LogP contribution in [-0.4, -0.2) is 185 Å². The second-order valence-electron chi connectivity index (χ2n) is 32.2. The minimum atomic E-state index is -1.47. The molecule has 2 saturated heterocycles. The molecule has 4 heterocycles. The summed E-state index contributed by atoms with van der Waals surface area (Å²) in [5, 5.41) is 40.5. The number of rotatable bonds is 32. The maximum absolute atomic E-state index is 14.8. The van der Waals surface area contributed by atoms with Gasteiger partial charge in [-0.25, -0.2) is 9.97 Å². The van der Waals surface area contributed by atoms with Crippen molar-refractivity contribution in [3.63, 3.8) is 0 Å². The number of likely N-dealkylation sites (tertiary alicyclic amines) is 2. The van der Waals surface area contributed by atoms with Crippen LogP contribution in [0.15, 0.2) is 85.7 Å². The third-order valence-corrected chi connectivity index (χ3v) is 21.9. The number of ether oxygens (including phenoxy) is 2. The molecule has 0 spiro atoms. The van der Waals surface area contributed by atoms with Crippen molar-refractivity contribution >= 4 is 82.0 Å². The Balaban J connectivity index is 0.000000249. The van der Waals surface area contributed by atoms with Gasteiger partial charge >= 0.3 is 0 Å². The van der Waals surface area contributed by atoms with Gasteiger partial charge in [-0.15, -0.1) is 0 Å². The number of aliphatic hydroxyl groups is 2. The van der Waals surface area contributed by atoms with Gasteiger partial charge in [-0.05, 0) is 135 Å². The van der Waals surface area contributed by atoms with Crippen LogP contribution < -0.4 is 41.4 Å². The first-order valence-electron chi connectivity index (χ1n) is 38.7. The Bertz CT molecular complexity index is 3460. The highest BCUT2D eigenvalue weighted by Gasteiger charge is 2.50. The molecule has 2 aromatic carbocycles. The zero-order valence-corrected chi connectivity index (χ0v) is 65.0. The maximum atomic E-state index is 14.8. The molecule has 2 aromatic heterocycles. The number of halogens is 2. The molecule has 28 heteroatoms. The Kier molecular flexibility index (Phi) is 30.2. The summed E-state index contributed by atoms with van der Waals surface area (Å²) in [4.78, 5) is 158. The van der Waals surface area contributed by atoms with Crippen molar-refractivity contribution < 1.29 is 67.6 Å². The van der Waals surface area contributed by atoms with Gasteiger partial charge in [0.15, 0.2) is 23.8 Å². The van der Waals surface area contributed by atoms with Gasteiger partial charge in [-0.2, -0.15) is 0 Å². The standard InChI is InChI=1S/2C40H55ClN6O7/c2*1-5-9-30(34(49)38(52)44-26-14-15-26)45-37(51)32-20-28(54-27-16-12-25(41)13-17-27)23-47(32)39(53)35(40(2,3)4)46-36(50)29(24-10-7-6-8-11-24)21-33(48)31-22-42-18-19-43-31/h2*12-13,16-19,22,24,26,28-30,32,34-35,49H,5-11,14-15,20-21,23H2,1-4H3,(H,44,52)(H,45,51)(H,46,50)/t2*28-,29+,30+,32+,34?,35-/m11/s1. The molecule has 26 nitrogen and oxygen atoms in total. The van der Waals surface area contributed by atoms with Crippen molar-refractivity contribution in [3.8, 4) is 11.5 Å². The van der Waals surface area contributed by atoms with Crippen LogP contribution in [0.5, 0.6) is 11.5 Å². The number of aromatic nitrogens is 4. The third-order valence-electron chi connectivity index (χ3n) is 21.4. The van der Waals surface area contributed by atoms with Crippen molar-refractivity contribution in [2.45, 2.75) is 269 Å². The molecular weight excluding hydrogens is 1420 g/mol. The highest BCUT2D eigenvalue weighted by molar-refractivity contribution is 6.30. The van der Waals surface area contributed by atoms with Gasteiger partial charge in [0, 0.05) is 84.4 Å². The molecule has 588 valence electrons. The second kappa shape index (κ2) is 38.9. The lowest BCUT2D eigenvalue weighted by atomic mass is 9.76. The number of benzene rings is 2. The number of hydrogen-bond acceptors (Lipinski definition) is 18. The van der Waals surface area contributed by atoms with Gasteiger partial charge in [0.1, 0.15) is 59.3 Å². The number of carbonyl (C=O) groups excluding carboxylic acids is 10. The van der Waals surface area contributed by atoms with Gasteiger partial charge in [-0.1, -0.05) is 130 Å². The molecule has 8 amide bonds. The predicted octanol–water partition coefficient (Wildman–Crippen LogP) is 8.81. The van der Waals surface area contributed by atoms with E-state index < -0.39 is 131 Å². The number of amides is 8. The highest BCUT2D eigenvalue weighted by Crippen LogP contribution is 2.38. The van der Waals surface area contributed by atoms with E-state index in [1.54, 1.807) is 48.5 Å². The Morgan fingerprint density at radius 1 is 0.491 bits per heavy atom. The first kappa shape index (κ1) is 83.8. The zero-order valence-electron chi connectivity index (χ0n) is 63.5. The minimum Gasteiger partial charge on any atom is -0.488 e. The SMILES string of the molecule is CCC[C@H](NC(=O)[C@@H]1C[C@@H](Oc2ccc(Cl)cc2)CN1C(=O)[C@@H](NC(=O)[C@@H](CC(=O)c1cnccn1)C1CCCCC1)C(C)(C)C)C(O)C(=O)NC1CC1.CCC[C@H](NC(=O)[C@@H]1C[C@@H](Oc2ccc(Cl)cc2)CN1C(=O)[C@@H](NC(=O)[C@@H](CC(=O)c1cnccn1)C1CCCCC1)C(C)(C)C)C(O)C(=O)NC1CC1. The van der Waals surface area contributed by atoms with Crippen LogP contribution in [-0.2, 0) is 38.4 Å². The largest absolute Gasteiger partial charge is 0.488 e.